The van der Waals surface area contributed by atoms with Gasteiger partial charge in [0.15, 0.2) is 5.15 Å². The molecule has 18 heavy (non-hydrogen) atoms. The van der Waals surface area contributed by atoms with Crippen LogP contribution in [0.3, 0.4) is 0 Å². The zero-order chi connectivity index (χ0) is 13.1. The Labute approximate surface area is 115 Å². The fourth-order valence-electron chi connectivity index (χ4n) is 1.96. The number of halogens is 1. The average Bonchev–Trinajstić information content (AvgIpc) is 2.79. The van der Waals surface area contributed by atoms with Crippen molar-refractivity contribution in [3.05, 3.63) is 10.7 Å². The van der Waals surface area contributed by atoms with Crippen LogP contribution >= 0.6 is 23.1 Å². The standard InChI is InChI=1S/C11H13ClN4OS/c1-2-9(17)15-3-5-16(6-4-15)11-8(7-13)10(12)14-18-11/h2-6H2,1H3. The summed E-state index contributed by atoms with van der Waals surface area (Å²) in [7, 11) is 0. The van der Waals surface area contributed by atoms with E-state index >= 15 is 0 Å². The van der Waals surface area contributed by atoms with Gasteiger partial charge in [-0.3, -0.25) is 4.79 Å². The Morgan fingerprint density at radius 3 is 2.72 bits per heavy atom. The van der Waals surface area contributed by atoms with Crippen molar-refractivity contribution in [2.75, 3.05) is 31.1 Å². The maximum absolute atomic E-state index is 11.6. The van der Waals surface area contributed by atoms with E-state index < -0.39 is 0 Å². The molecule has 0 radical (unpaired) electrons. The highest BCUT2D eigenvalue weighted by Crippen LogP contribution is 2.31. The second-order valence-electron chi connectivity index (χ2n) is 3.99. The Bertz CT molecular complexity index is 488. The molecule has 0 unspecified atom stereocenters. The van der Waals surface area contributed by atoms with E-state index in [1.54, 1.807) is 0 Å². The first-order chi connectivity index (χ1) is 8.67. The molecule has 0 N–H and O–H groups in total. The van der Waals surface area contributed by atoms with Gasteiger partial charge in [0.2, 0.25) is 5.91 Å². The highest BCUT2D eigenvalue weighted by Gasteiger charge is 2.24. The summed E-state index contributed by atoms with van der Waals surface area (Å²) < 4.78 is 4.00. The van der Waals surface area contributed by atoms with Crippen molar-refractivity contribution >= 4 is 34.0 Å². The number of amides is 1. The molecule has 1 aromatic heterocycles. The molecule has 1 fully saturated rings. The predicted molar refractivity (Wildman–Crippen MR) is 70.9 cm³/mol. The van der Waals surface area contributed by atoms with Crippen molar-refractivity contribution < 1.29 is 4.79 Å². The van der Waals surface area contributed by atoms with E-state index in [1.165, 1.54) is 11.5 Å². The number of nitriles is 1. The van der Waals surface area contributed by atoms with Crippen LogP contribution in [0.15, 0.2) is 0 Å². The minimum atomic E-state index is 0.178. The number of hydrogen-bond donors (Lipinski definition) is 0. The number of anilines is 1. The minimum Gasteiger partial charge on any atom is -0.358 e. The second kappa shape index (κ2) is 5.55. The molecule has 0 aliphatic carbocycles. The van der Waals surface area contributed by atoms with Crippen molar-refractivity contribution in [3.63, 3.8) is 0 Å². The molecule has 7 heteroatoms. The summed E-state index contributed by atoms with van der Waals surface area (Å²) in [5.74, 6) is 0.178. The monoisotopic (exact) mass is 284 g/mol. The number of nitrogens with zero attached hydrogens (tertiary/aromatic N) is 4. The normalized spacial score (nSPS) is 15.6. The number of carbonyl (C=O) groups is 1. The lowest BCUT2D eigenvalue weighted by molar-refractivity contribution is -0.131. The van der Waals surface area contributed by atoms with Gasteiger partial charge in [-0.2, -0.15) is 9.64 Å². The van der Waals surface area contributed by atoms with E-state index in [1.807, 2.05) is 11.8 Å². The lowest BCUT2D eigenvalue weighted by Crippen LogP contribution is -2.48. The van der Waals surface area contributed by atoms with Crippen LogP contribution in [0.2, 0.25) is 5.15 Å². The predicted octanol–water partition coefficient (Wildman–Crippen LogP) is 1.73. The first kappa shape index (κ1) is 13.1. The molecular formula is C11H13ClN4OS. The summed E-state index contributed by atoms with van der Waals surface area (Å²) in [4.78, 5) is 15.5. The molecule has 1 saturated heterocycles. The van der Waals surface area contributed by atoms with Gasteiger partial charge in [-0.15, -0.1) is 0 Å². The fourth-order valence-corrected chi connectivity index (χ4v) is 3.04. The van der Waals surface area contributed by atoms with Gasteiger partial charge >= 0.3 is 0 Å². The maximum Gasteiger partial charge on any atom is 0.222 e. The molecule has 1 amide bonds. The molecule has 0 spiro atoms. The molecule has 0 bridgehead atoms. The Morgan fingerprint density at radius 2 is 2.17 bits per heavy atom. The van der Waals surface area contributed by atoms with Crippen LogP contribution in [0.4, 0.5) is 5.00 Å². The van der Waals surface area contributed by atoms with Crippen molar-refractivity contribution in [2.24, 2.45) is 0 Å². The maximum atomic E-state index is 11.6. The highest BCUT2D eigenvalue weighted by atomic mass is 35.5. The molecule has 1 aromatic rings. The molecule has 0 saturated carbocycles. The van der Waals surface area contributed by atoms with Crippen molar-refractivity contribution in [2.45, 2.75) is 13.3 Å². The zero-order valence-electron chi connectivity index (χ0n) is 10.0. The smallest absolute Gasteiger partial charge is 0.222 e. The van der Waals surface area contributed by atoms with E-state index in [4.69, 9.17) is 16.9 Å². The van der Waals surface area contributed by atoms with Gasteiger partial charge in [0.05, 0.1) is 0 Å². The van der Waals surface area contributed by atoms with Crippen molar-refractivity contribution in [3.8, 4) is 6.07 Å². The van der Waals surface area contributed by atoms with Crippen molar-refractivity contribution in [1.29, 1.82) is 5.26 Å². The molecule has 2 heterocycles. The highest BCUT2D eigenvalue weighted by molar-refractivity contribution is 7.10. The van der Waals surface area contributed by atoms with Crippen LogP contribution in [0.1, 0.15) is 18.9 Å². The van der Waals surface area contributed by atoms with E-state index in [0.717, 1.165) is 18.1 Å². The van der Waals surface area contributed by atoms with Crippen LogP contribution < -0.4 is 4.90 Å². The summed E-state index contributed by atoms with van der Waals surface area (Å²) in [6, 6.07) is 2.08. The zero-order valence-corrected chi connectivity index (χ0v) is 11.6. The fraction of sp³-hybridized carbons (Fsp3) is 0.545. The molecule has 0 aromatic carbocycles. The molecule has 5 nitrogen and oxygen atoms in total. The summed E-state index contributed by atoms with van der Waals surface area (Å²) >= 11 is 7.09. The van der Waals surface area contributed by atoms with E-state index in [2.05, 4.69) is 15.3 Å². The van der Waals surface area contributed by atoms with E-state index in [-0.39, 0.29) is 11.1 Å². The Morgan fingerprint density at radius 1 is 1.50 bits per heavy atom. The van der Waals surface area contributed by atoms with Gasteiger partial charge in [-0.1, -0.05) is 18.5 Å². The lowest BCUT2D eigenvalue weighted by atomic mass is 10.2. The molecule has 0 atom stereocenters. The molecule has 1 aliphatic heterocycles. The first-order valence-electron chi connectivity index (χ1n) is 5.75. The third kappa shape index (κ3) is 2.42. The molecule has 1 aliphatic rings. The van der Waals surface area contributed by atoms with Gasteiger partial charge in [-0.25, -0.2) is 0 Å². The SMILES string of the molecule is CCC(=O)N1CCN(c2snc(Cl)c2C#N)CC1. The Kier molecular flexibility index (Phi) is 4.04. The van der Waals surface area contributed by atoms with Crippen LogP contribution in [0.25, 0.3) is 0 Å². The first-order valence-corrected chi connectivity index (χ1v) is 6.90. The quantitative estimate of drug-likeness (QED) is 0.830. The van der Waals surface area contributed by atoms with Gasteiger partial charge < -0.3 is 9.80 Å². The molecule has 96 valence electrons. The summed E-state index contributed by atoms with van der Waals surface area (Å²) in [6.45, 7) is 4.68. The average molecular weight is 285 g/mol. The summed E-state index contributed by atoms with van der Waals surface area (Å²) in [6.07, 6.45) is 0.538. The minimum absolute atomic E-state index is 0.178. The number of hydrogen-bond acceptors (Lipinski definition) is 5. The van der Waals surface area contributed by atoms with Crippen LogP contribution in [-0.2, 0) is 4.79 Å². The largest absolute Gasteiger partial charge is 0.358 e. The lowest BCUT2D eigenvalue weighted by Gasteiger charge is -2.35. The van der Waals surface area contributed by atoms with Crippen molar-refractivity contribution in [1.82, 2.24) is 9.27 Å². The summed E-state index contributed by atoms with van der Waals surface area (Å²) in [5.41, 5.74) is 0.442. The van der Waals surface area contributed by atoms with E-state index in [0.29, 0.717) is 25.1 Å². The number of rotatable bonds is 2. The Balaban J connectivity index is 2.06. The van der Waals surface area contributed by atoms with Gasteiger partial charge in [0.1, 0.15) is 16.6 Å². The van der Waals surface area contributed by atoms with Crippen LogP contribution in [0.5, 0.6) is 0 Å². The van der Waals surface area contributed by atoms with Crippen LogP contribution in [0, 0.1) is 11.3 Å². The van der Waals surface area contributed by atoms with Crippen LogP contribution in [-0.4, -0.2) is 41.4 Å². The third-order valence-electron chi connectivity index (χ3n) is 2.97. The Hall–Kier alpha value is -1.32. The van der Waals surface area contributed by atoms with Gasteiger partial charge in [0, 0.05) is 32.6 Å². The van der Waals surface area contributed by atoms with E-state index in [9.17, 15) is 4.79 Å². The summed E-state index contributed by atoms with van der Waals surface area (Å²) in [5, 5.41) is 10.1. The molecule has 2 rings (SSSR count). The topological polar surface area (TPSA) is 60.2 Å². The number of piperazine rings is 1. The second-order valence-corrected chi connectivity index (χ2v) is 5.10. The third-order valence-corrected chi connectivity index (χ3v) is 4.25. The molecular weight excluding hydrogens is 272 g/mol. The number of carbonyl (C=O) groups excluding carboxylic acids is 1. The van der Waals surface area contributed by atoms with Gasteiger partial charge in [0.25, 0.3) is 0 Å². The van der Waals surface area contributed by atoms with Gasteiger partial charge in [-0.05, 0) is 11.5 Å². The number of aromatic nitrogens is 1.